The van der Waals surface area contributed by atoms with E-state index in [0.29, 0.717) is 46.5 Å². The van der Waals surface area contributed by atoms with Crippen molar-refractivity contribution in [2.75, 3.05) is 42.9 Å². The number of nitriles is 1. The summed E-state index contributed by atoms with van der Waals surface area (Å²) in [7, 11) is 0. The molecule has 0 bridgehead atoms. The highest BCUT2D eigenvalue weighted by Crippen LogP contribution is 2.39. The number of hydrogen-bond donors (Lipinski definition) is 3. The van der Waals surface area contributed by atoms with Crippen molar-refractivity contribution in [2.45, 2.75) is 122 Å². The van der Waals surface area contributed by atoms with Gasteiger partial charge in [0.15, 0.2) is 0 Å². The van der Waals surface area contributed by atoms with Crippen LogP contribution >= 0.6 is 0 Å². The normalized spacial score (nSPS) is 21.8. The minimum atomic E-state index is -0.538. The predicted molar refractivity (Wildman–Crippen MR) is 250 cm³/mol. The number of pyridine rings is 1. The Balaban J connectivity index is 0.776. The Morgan fingerprint density at radius 2 is 1.74 bits per heavy atom. The Kier molecular flexibility index (Phi) is 13.2. The number of likely N-dealkylation sites (tertiary alicyclic amines) is 1. The lowest BCUT2D eigenvalue weighted by Crippen LogP contribution is -2.50. The van der Waals surface area contributed by atoms with E-state index in [0.717, 1.165) is 119 Å². The molecule has 4 fully saturated rings. The molecule has 3 aliphatic heterocycles. The smallest absolute Gasteiger partial charge is 0.249 e. The van der Waals surface area contributed by atoms with E-state index in [1.807, 2.05) is 56.7 Å². The largest absolute Gasteiger partial charge is 0.374 e. The van der Waals surface area contributed by atoms with Crippen LogP contribution in [-0.2, 0) is 14.4 Å². The highest BCUT2D eigenvalue weighted by Gasteiger charge is 2.40. The van der Waals surface area contributed by atoms with Crippen LogP contribution in [0.25, 0.3) is 28.0 Å². The minimum Gasteiger partial charge on any atom is -0.374 e. The maximum absolute atomic E-state index is 15.3. The molecule has 1 atom stereocenters. The molecule has 15 nitrogen and oxygen atoms in total. The average Bonchev–Trinajstić information content (AvgIpc) is 4.00. The van der Waals surface area contributed by atoms with E-state index in [-0.39, 0.29) is 47.3 Å². The molecule has 346 valence electrons. The summed E-state index contributed by atoms with van der Waals surface area (Å²) in [5, 5.41) is 27.9. The van der Waals surface area contributed by atoms with Gasteiger partial charge >= 0.3 is 0 Å². The quantitative estimate of drug-likeness (QED) is 0.100. The third kappa shape index (κ3) is 9.54. The fourth-order valence-corrected chi connectivity index (χ4v) is 10.7. The van der Waals surface area contributed by atoms with E-state index in [2.05, 4.69) is 54.7 Å². The van der Waals surface area contributed by atoms with Crippen LogP contribution in [0.3, 0.4) is 0 Å². The SMILES string of the molecule is CCC1(C(=O)NC(C)C)CCN(c2ccc(-c3nc(-c4cnn([C@H]5CC[C@H](CCN6CCC(c7ccc(NC8CCC(=O)NC8=O)cc7F)CC6)CC5)c4)cn4ncc(C#N)c34)cn2)CC1. The molecule has 1 saturated carbocycles. The molecule has 3 N–H and O–H groups in total. The summed E-state index contributed by atoms with van der Waals surface area (Å²) in [6, 6.07) is 11.4. The van der Waals surface area contributed by atoms with Gasteiger partial charge in [-0.1, -0.05) is 13.0 Å². The summed E-state index contributed by atoms with van der Waals surface area (Å²) in [6.07, 6.45) is 19.6. The lowest BCUT2D eigenvalue weighted by Gasteiger charge is -2.41. The first kappa shape index (κ1) is 45.0. The molecule has 1 unspecified atom stereocenters. The van der Waals surface area contributed by atoms with Crippen molar-refractivity contribution < 1.29 is 18.8 Å². The highest BCUT2D eigenvalue weighted by molar-refractivity contribution is 6.01. The molecule has 0 spiro atoms. The van der Waals surface area contributed by atoms with Gasteiger partial charge in [0.25, 0.3) is 0 Å². The molecular formula is C50H61FN12O3. The Bertz CT molecular complexity index is 2590. The first-order valence-corrected chi connectivity index (χ1v) is 24.0. The Morgan fingerprint density at radius 3 is 2.42 bits per heavy atom. The van der Waals surface area contributed by atoms with Crippen molar-refractivity contribution >= 4 is 34.7 Å². The number of hydrogen-bond acceptors (Lipinski definition) is 11. The second-order valence-corrected chi connectivity index (χ2v) is 19.3. The first-order valence-electron chi connectivity index (χ1n) is 24.0. The average molecular weight is 897 g/mol. The van der Waals surface area contributed by atoms with Crippen molar-refractivity contribution in [1.29, 1.82) is 5.26 Å². The number of piperidine rings is 3. The van der Waals surface area contributed by atoms with Crippen LogP contribution < -0.4 is 20.9 Å². The standard InChI is InChI=1S/C50H61FN12O3/c1-4-50(49(66)56-32(2)3)18-23-61(24-19-50)44-13-7-35(27-53-44)46-47-36(26-52)28-55-63(47)31-43(58-46)37-29-54-62(30-37)39-9-5-33(6-10-39)15-20-60-21-16-34(17-22-60)40-11-8-38(25-41(40)51)57-42-12-14-45(64)59-48(42)65/h7-8,11,13,25,27-34,39,42,57H,4-6,9-10,12,14-24H2,1-3H3,(H,56,66)(H,59,64,65)/t33-,39-,42?. The zero-order chi connectivity index (χ0) is 46.0. The molecular weight excluding hydrogens is 836 g/mol. The summed E-state index contributed by atoms with van der Waals surface area (Å²) in [6.45, 7) is 10.6. The number of benzene rings is 1. The van der Waals surface area contributed by atoms with E-state index >= 15 is 4.39 Å². The van der Waals surface area contributed by atoms with E-state index in [4.69, 9.17) is 15.1 Å². The van der Waals surface area contributed by atoms with E-state index in [1.165, 1.54) is 6.07 Å². The monoisotopic (exact) mass is 896 g/mol. The number of imide groups is 1. The van der Waals surface area contributed by atoms with Crippen molar-refractivity contribution in [3.05, 3.63) is 78.3 Å². The number of halogens is 1. The summed E-state index contributed by atoms with van der Waals surface area (Å²) in [4.78, 5) is 51.5. The number of nitrogens with one attached hydrogen (secondary N) is 3. The number of amides is 3. The van der Waals surface area contributed by atoms with Gasteiger partial charge in [-0.15, -0.1) is 0 Å². The van der Waals surface area contributed by atoms with Crippen molar-refractivity contribution in [1.82, 2.24) is 44.9 Å². The fraction of sp³-hybridized carbons (Fsp3) is 0.520. The molecule has 3 amide bonds. The van der Waals surface area contributed by atoms with Crippen LogP contribution in [0.15, 0.2) is 61.3 Å². The summed E-state index contributed by atoms with van der Waals surface area (Å²) < 4.78 is 19.1. The van der Waals surface area contributed by atoms with Gasteiger partial charge in [0.1, 0.15) is 34.8 Å². The lowest BCUT2D eigenvalue weighted by molar-refractivity contribution is -0.134. The highest BCUT2D eigenvalue weighted by atomic mass is 19.1. The van der Waals surface area contributed by atoms with Gasteiger partial charge in [0.2, 0.25) is 17.7 Å². The van der Waals surface area contributed by atoms with E-state index in [9.17, 15) is 19.6 Å². The van der Waals surface area contributed by atoms with Crippen molar-refractivity contribution in [2.24, 2.45) is 11.3 Å². The molecule has 3 saturated heterocycles. The van der Waals surface area contributed by atoms with Crippen LogP contribution in [0.2, 0.25) is 0 Å². The first-order chi connectivity index (χ1) is 32.0. The molecule has 1 aromatic carbocycles. The maximum Gasteiger partial charge on any atom is 0.249 e. The molecule has 1 aliphatic carbocycles. The van der Waals surface area contributed by atoms with Gasteiger partial charge in [-0.2, -0.15) is 15.5 Å². The third-order valence-electron chi connectivity index (χ3n) is 14.8. The number of anilines is 2. The maximum atomic E-state index is 15.3. The summed E-state index contributed by atoms with van der Waals surface area (Å²) in [5.41, 5.74) is 5.03. The summed E-state index contributed by atoms with van der Waals surface area (Å²) in [5.74, 6) is 0.945. The second-order valence-electron chi connectivity index (χ2n) is 19.3. The van der Waals surface area contributed by atoms with Gasteiger partial charge in [-0.05, 0) is 146 Å². The Hall–Kier alpha value is -6.21. The number of fused-ring (bicyclic) bond motifs is 1. The van der Waals surface area contributed by atoms with Crippen LogP contribution in [0.5, 0.6) is 0 Å². The molecule has 4 aromatic heterocycles. The number of carbonyl (C=O) groups is 3. The van der Waals surface area contributed by atoms with Crippen molar-refractivity contribution in [3.8, 4) is 28.6 Å². The number of rotatable bonds is 13. The number of nitrogens with zero attached hydrogens (tertiary/aromatic N) is 9. The van der Waals surface area contributed by atoms with Crippen LogP contribution in [0.1, 0.15) is 121 Å². The van der Waals surface area contributed by atoms with Crippen LogP contribution in [-0.4, -0.2) is 96.8 Å². The topological polar surface area (TPSA) is 178 Å². The zero-order valence-corrected chi connectivity index (χ0v) is 38.3. The van der Waals surface area contributed by atoms with Gasteiger partial charge < -0.3 is 20.4 Å². The molecule has 9 rings (SSSR count). The minimum absolute atomic E-state index is 0.111. The van der Waals surface area contributed by atoms with Crippen LogP contribution in [0, 0.1) is 28.5 Å². The molecule has 66 heavy (non-hydrogen) atoms. The molecule has 16 heteroatoms. The van der Waals surface area contributed by atoms with Gasteiger partial charge in [0, 0.05) is 54.8 Å². The Labute approximate surface area is 385 Å². The van der Waals surface area contributed by atoms with Crippen molar-refractivity contribution in [3.63, 3.8) is 0 Å². The van der Waals surface area contributed by atoms with E-state index in [1.54, 1.807) is 10.7 Å². The third-order valence-corrected chi connectivity index (χ3v) is 14.8. The molecule has 5 aromatic rings. The van der Waals surface area contributed by atoms with Gasteiger partial charge in [-0.3, -0.25) is 24.4 Å². The Morgan fingerprint density at radius 1 is 0.955 bits per heavy atom. The van der Waals surface area contributed by atoms with Gasteiger partial charge in [0.05, 0.1) is 41.4 Å². The summed E-state index contributed by atoms with van der Waals surface area (Å²) >= 11 is 0. The number of aromatic nitrogens is 6. The molecule has 0 radical (unpaired) electrons. The van der Waals surface area contributed by atoms with E-state index < -0.39 is 6.04 Å². The lowest BCUT2D eigenvalue weighted by atomic mass is 9.75. The van der Waals surface area contributed by atoms with Crippen LogP contribution in [0.4, 0.5) is 15.9 Å². The molecule has 4 aliphatic rings. The second kappa shape index (κ2) is 19.3. The fourth-order valence-electron chi connectivity index (χ4n) is 10.7. The van der Waals surface area contributed by atoms with Gasteiger partial charge in [-0.25, -0.2) is 18.9 Å². The predicted octanol–water partition coefficient (Wildman–Crippen LogP) is 7.40. The molecule has 7 heterocycles. The number of carbonyl (C=O) groups excluding carboxylic acids is 3. The zero-order valence-electron chi connectivity index (χ0n) is 38.3.